The number of hydrogen-bond acceptors (Lipinski definition) is 2. The van der Waals surface area contributed by atoms with Crippen molar-refractivity contribution in [2.75, 3.05) is 7.05 Å². The lowest BCUT2D eigenvalue weighted by atomic mass is 9.94. The number of nitrogens with zero attached hydrogens (tertiary/aromatic N) is 2. The lowest BCUT2D eigenvalue weighted by Gasteiger charge is -2.24. The maximum absolute atomic E-state index is 12.3. The highest BCUT2D eigenvalue weighted by Crippen LogP contribution is 2.25. The molecule has 0 atom stereocenters. The molecular weight excluding hydrogens is 250 g/mol. The number of hydrogen-bond donors (Lipinski definition) is 1. The van der Waals surface area contributed by atoms with Gasteiger partial charge in [-0.25, -0.2) is 0 Å². The second kappa shape index (κ2) is 5.01. The number of aromatic nitrogens is 1. The molecule has 0 saturated heterocycles. The van der Waals surface area contributed by atoms with Crippen LogP contribution in [0, 0.1) is 23.7 Å². The van der Waals surface area contributed by atoms with Crippen molar-refractivity contribution < 1.29 is 4.79 Å². The molecule has 0 aliphatic heterocycles. The molecule has 0 unspecified atom stereocenters. The topological polar surface area (TPSA) is 59.9 Å². The van der Waals surface area contributed by atoms with Crippen LogP contribution in [0.5, 0.6) is 0 Å². The maximum Gasteiger partial charge on any atom is 0.242 e. The SMILES string of the molecule is Cc1[nH]c2ccccc2c1CN(C)C(=O)C(C)(C)C#N. The van der Waals surface area contributed by atoms with Gasteiger partial charge in [0.25, 0.3) is 0 Å². The zero-order valence-corrected chi connectivity index (χ0v) is 12.3. The number of aryl methyl sites for hydroxylation is 1. The lowest BCUT2D eigenvalue weighted by Crippen LogP contribution is -2.37. The number of rotatable bonds is 3. The number of nitriles is 1. The molecule has 1 amide bonds. The third kappa shape index (κ3) is 2.39. The van der Waals surface area contributed by atoms with Crippen molar-refractivity contribution in [1.82, 2.24) is 9.88 Å². The van der Waals surface area contributed by atoms with Crippen LogP contribution in [0.2, 0.25) is 0 Å². The van der Waals surface area contributed by atoms with Gasteiger partial charge in [-0.1, -0.05) is 18.2 Å². The summed E-state index contributed by atoms with van der Waals surface area (Å²) < 4.78 is 0. The first-order chi connectivity index (χ1) is 9.36. The fourth-order valence-corrected chi connectivity index (χ4v) is 2.37. The Balaban J connectivity index is 2.31. The van der Waals surface area contributed by atoms with Crippen molar-refractivity contribution >= 4 is 16.8 Å². The van der Waals surface area contributed by atoms with Crippen molar-refractivity contribution in [3.05, 3.63) is 35.5 Å². The second-order valence-corrected chi connectivity index (χ2v) is 5.67. The normalized spacial score (nSPS) is 11.3. The van der Waals surface area contributed by atoms with Crippen LogP contribution in [0.4, 0.5) is 0 Å². The minimum atomic E-state index is -0.991. The van der Waals surface area contributed by atoms with Crippen molar-refractivity contribution in [2.45, 2.75) is 27.3 Å². The van der Waals surface area contributed by atoms with E-state index in [1.54, 1.807) is 25.8 Å². The van der Waals surface area contributed by atoms with E-state index in [1.165, 1.54) is 0 Å². The molecule has 20 heavy (non-hydrogen) atoms. The number of nitrogens with one attached hydrogen (secondary N) is 1. The monoisotopic (exact) mass is 269 g/mol. The fraction of sp³-hybridized carbons (Fsp3) is 0.375. The molecule has 1 N–H and O–H groups in total. The minimum Gasteiger partial charge on any atom is -0.358 e. The van der Waals surface area contributed by atoms with E-state index in [0.29, 0.717) is 6.54 Å². The van der Waals surface area contributed by atoms with Crippen LogP contribution in [-0.2, 0) is 11.3 Å². The van der Waals surface area contributed by atoms with E-state index in [1.807, 2.05) is 31.2 Å². The Morgan fingerprint density at radius 2 is 2.05 bits per heavy atom. The third-order valence-corrected chi connectivity index (χ3v) is 3.58. The number of para-hydroxylation sites is 1. The number of carbonyl (C=O) groups excluding carboxylic acids is 1. The second-order valence-electron chi connectivity index (χ2n) is 5.67. The maximum atomic E-state index is 12.3. The molecular formula is C16H19N3O. The van der Waals surface area contributed by atoms with Gasteiger partial charge in [-0.15, -0.1) is 0 Å². The number of carbonyl (C=O) groups is 1. The largest absolute Gasteiger partial charge is 0.358 e. The molecule has 0 spiro atoms. The molecule has 104 valence electrons. The molecule has 2 aromatic rings. The standard InChI is InChI=1S/C16H19N3O/c1-11-13(12-7-5-6-8-14(12)18-11)9-19(4)15(20)16(2,3)10-17/h5-8,18H,9H2,1-4H3. The Morgan fingerprint density at radius 1 is 1.40 bits per heavy atom. The number of aromatic amines is 1. The molecule has 1 heterocycles. The summed E-state index contributed by atoms with van der Waals surface area (Å²) in [5, 5.41) is 10.2. The molecule has 1 aromatic heterocycles. The van der Waals surface area contributed by atoms with Crippen LogP contribution in [0.15, 0.2) is 24.3 Å². The van der Waals surface area contributed by atoms with Gasteiger partial charge in [0, 0.05) is 30.2 Å². The molecule has 4 nitrogen and oxygen atoms in total. The van der Waals surface area contributed by atoms with Gasteiger partial charge in [-0.05, 0) is 32.4 Å². The molecule has 1 aromatic carbocycles. The Bertz CT molecular complexity index is 691. The van der Waals surface area contributed by atoms with E-state index in [9.17, 15) is 4.79 Å². The van der Waals surface area contributed by atoms with Crippen molar-refractivity contribution in [3.8, 4) is 6.07 Å². The highest BCUT2D eigenvalue weighted by molar-refractivity contribution is 5.87. The number of benzene rings is 1. The van der Waals surface area contributed by atoms with Crippen LogP contribution >= 0.6 is 0 Å². The number of H-pyrrole nitrogens is 1. The summed E-state index contributed by atoms with van der Waals surface area (Å²) in [6, 6.07) is 10.1. The summed E-state index contributed by atoms with van der Waals surface area (Å²) in [4.78, 5) is 17.2. The van der Waals surface area contributed by atoms with E-state index in [0.717, 1.165) is 22.2 Å². The summed E-state index contributed by atoms with van der Waals surface area (Å²) >= 11 is 0. The van der Waals surface area contributed by atoms with Gasteiger partial charge in [-0.3, -0.25) is 4.79 Å². The van der Waals surface area contributed by atoms with E-state index >= 15 is 0 Å². The highest BCUT2D eigenvalue weighted by Gasteiger charge is 2.30. The smallest absolute Gasteiger partial charge is 0.242 e. The first kappa shape index (κ1) is 14.1. The quantitative estimate of drug-likeness (QED) is 0.931. The Labute approximate surface area is 119 Å². The van der Waals surface area contributed by atoms with Gasteiger partial charge >= 0.3 is 0 Å². The predicted molar refractivity (Wildman–Crippen MR) is 78.9 cm³/mol. The average Bonchev–Trinajstić information content (AvgIpc) is 2.74. The summed E-state index contributed by atoms with van der Waals surface area (Å²) in [7, 11) is 1.74. The minimum absolute atomic E-state index is 0.162. The van der Waals surface area contributed by atoms with E-state index in [4.69, 9.17) is 5.26 Å². The fourth-order valence-electron chi connectivity index (χ4n) is 2.37. The van der Waals surface area contributed by atoms with Crippen LogP contribution in [-0.4, -0.2) is 22.8 Å². The van der Waals surface area contributed by atoms with Crippen molar-refractivity contribution in [3.63, 3.8) is 0 Å². The molecule has 0 saturated carbocycles. The number of amides is 1. The Morgan fingerprint density at radius 3 is 2.70 bits per heavy atom. The zero-order valence-electron chi connectivity index (χ0n) is 12.3. The van der Waals surface area contributed by atoms with Crippen LogP contribution in [0.1, 0.15) is 25.1 Å². The van der Waals surface area contributed by atoms with Gasteiger partial charge in [0.2, 0.25) is 5.91 Å². The molecule has 0 fully saturated rings. The average molecular weight is 269 g/mol. The van der Waals surface area contributed by atoms with Crippen LogP contribution < -0.4 is 0 Å². The highest BCUT2D eigenvalue weighted by atomic mass is 16.2. The van der Waals surface area contributed by atoms with Gasteiger partial charge in [-0.2, -0.15) is 5.26 Å². The van der Waals surface area contributed by atoms with E-state index in [2.05, 4.69) is 11.1 Å². The van der Waals surface area contributed by atoms with E-state index < -0.39 is 5.41 Å². The Kier molecular flexibility index (Phi) is 3.54. The molecule has 0 bridgehead atoms. The number of fused-ring (bicyclic) bond motifs is 1. The van der Waals surface area contributed by atoms with Crippen molar-refractivity contribution in [1.29, 1.82) is 5.26 Å². The van der Waals surface area contributed by atoms with Crippen molar-refractivity contribution in [2.24, 2.45) is 5.41 Å². The predicted octanol–water partition coefficient (Wildman–Crippen LogP) is 2.98. The lowest BCUT2D eigenvalue weighted by molar-refractivity contribution is -0.136. The van der Waals surface area contributed by atoms with Gasteiger partial charge in [0.15, 0.2) is 0 Å². The summed E-state index contributed by atoms with van der Waals surface area (Å²) in [6.07, 6.45) is 0. The zero-order chi connectivity index (χ0) is 14.9. The van der Waals surface area contributed by atoms with Crippen LogP contribution in [0.3, 0.4) is 0 Å². The van der Waals surface area contributed by atoms with Gasteiger partial charge in [0.05, 0.1) is 6.07 Å². The summed E-state index contributed by atoms with van der Waals surface area (Å²) in [6.45, 7) is 5.80. The molecule has 0 aliphatic carbocycles. The molecule has 4 heteroatoms. The molecule has 0 radical (unpaired) electrons. The van der Waals surface area contributed by atoms with Gasteiger partial charge < -0.3 is 9.88 Å². The van der Waals surface area contributed by atoms with E-state index in [-0.39, 0.29) is 5.91 Å². The first-order valence-electron chi connectivity index (χ1n) is 6.60. The Hall–Kier alpha value is -2.28. The van der Waals surface area contributed by atoms with Crippen LogP contribution in [0.25, 0.3) is 10.9 Å². The molecule has 0 aliphatic rings. The summed E-state index contributed by atoms with van der Waals surface area (Å²) in [5.41, 5.74) is 2.24. The first-order valence-corrected chi connectivity index (χ1v) is 6.60. The van der Waals surface area contributed by atoms with Gasteiger partial charge in [0.1, 0.15) is 5.41 Å². The third-order valence-electron chi connectivity index (χ3n) is 3.58. The summed E-state index contributed by atoms with van der Waals surface area (Å²) in [5.74, 6) is -0.162. The molecule has 2 rings (SSSR count).